The zero-order valence-electron chi connectivity index (χ0n) is 8.15. The Bertz CT molecular complexity index is 60.6. The number of unbranched alkanes of at least 4 members (excludes halogenated alkanes) is 3. The molecular formula is C10H21IS. The van der Waals surface area contributed by atoms with Crippen molar-refractivity contribution in [3.63, 3.8) is 0 Å². The van der Waals surface area contributed by atoms with E-state index in [-0.39, 0.29) is 0 Å². The average molecular weight is 300 g/mol. The summed E-state index contributed by atoms with van der Waals surface area (Å²) in [6.45, 7) is 2.24. The van der Waals surface area contributed by atoms with E-state index in [0.717, 1.165) is 0 Å². The van der Waals surface area contributed by atoms with Gasteiger partial charge in [-0.1, -0.05) is 48.8 Å². The van der Waals surface area contributed by atoms with Crippen LogP contribution in [0.4, 0.5) is 0 Å². The van der Waals surface area contributed by atoms with Gasteiger partial charge in [0, 0.05) is 0 Å². The van der Waals surface area contributed by atoms with Crippen LogP contribution in [0, 0.1) is 0 Å². The van der Waals surface area contributed by atoms with E-state index >= 15 is 0 Å². The summed E-state index contributed by atoms with van der Waals surface area (Å²) >= 11 is 4.50. The molecule has 1 aliphatic rings. The molecule has 0 bridgehead atoms. The van der Waals surface area contributed by atoms with Crippen LogP contribution < -0.4 is 0 Å². The third kappa shape index (κ3) is 11.1. The molecule has 0 spiro atoms. The third-order valence-corrected chi connectivity index (χ3v) is 3.73. The van der Waals surface area contributed by atoms with Gasteiger partial charge in [0.15, 0.2) is 0 Å². The van der Waals surface area contributed by atoms with E-state index in [1.54, 1.807) is 0 Å². The molecule has 1 saturated heterocycles. The van der Waals surface area contributed by atoms with E-state index in [1.807, 2.05) is 0 Å². The second kappa shape index (κ2) is 12.1. The maximum absolute atomic E-state index is 2.43. The molecule has 0 aromatic carbocycles. The first-order valence-electron chi connectivity index (χ1n) is 5.05. The largest absolute Gasteiger partial charge is 0.162 e. The van der Waals surface area contributed by atoms with E-state index < -0.39 is 0 Å². The maximum atomic E-state index is 2.43. The summed E-state index contributed by atoms with van der Waals surface area (Å²) in [4.78, 5) is 0. The van der Waals surface area contributed by atoms with Crippen LogP contribution in [0.1, 0.15) is 45.4 Å². The van der Waals surface area contributed by atoms with E-state index in [2.05, 4.69) is 41.3 Å². The van der Waals surface area contributed by atoms with Crippen LogP contribution in [0.25, 0.3) is 0 Å². The highest BCUT2D eigenvalue weighted by molar-refractivity contribution is 14.1. The van der Waals surface area contributed by atoms with Crippen molar-refractivity contribution in [2.24, 2.45) is 0 Å². The lowest BCUT2D eigenvalue weighted by Crippen LogP contribution is -1.73. The molecule has 1 heterocycles. The van der Waals surface area contributed by atoms with Crippen molar-refractivity contribution in [2.75, 3.05) is 15.9 Å². The van der Waals surface area contributed by atoms with Gasteiger partial charge in [0.2, 0.25) is 0 Å². The van der Waals surface area contributed by atoms with Crippen LogP contribution in [0.2, 0.25) is 0 Å². The molecule has 0 unspecified atom stereocenters. The molecule has 0 aromatic rings. The lowest BCUT2D eigenvalue weighted by molar-refractivity contribution is 0.710. The van der Waals surface area contributed by atoms with Gasteiger partial charge in [0.1, 0.15) is 0 Å². The number of alkyl halides is 1. The highest BCUT2D eigenvalue weighted by Gasteiger charge is 1.95. The average Bonchev–Trinajstić information content (AvgIpc) is 2.62. The van der Waals surface area contributed by atoms with Gasteiger partial charge >= 0.3 is 0 Å². The predicted molar refractivity (Wildman–Crippen MR) is 69.6 cm³/mol. The molecule has 1 rings (SSSR count). The minimum Gasteiger partial charge on any atom is -0.162 e. The van der Waals surface area contributed by atoms with Crippen molar-refractivity contribution in [1.82, 2.24) is 0 Å². The molecule has 0 amide bonds. The molecule has 0 aromatic heterocycles. The van der Waals surface area contributed by atoms with E-state index in [1.165, 1.54) is 54.5 Å². The summed E-state index contributed by atoms with van der Waals surface area (Å²) in [7, 11) is 0. The van der Waals surface area contributed by atoms with Crippen molar-refractivity contribution >= 4 is 34.4 Å². The molecule has 0 aliphatic carbocycles. The Hall–Kier alpha value is 1.08. The van der Waals surface area contributed by atoms with Gasteiger partial charge in [-0.05, 0) is 35.2 Å². The highest BCUT2D eigenvalue weighted by Crippen LogP contribution is 2.14. The standard InChI is InChI=1S/C6H13I.C4H8S/c1-2-3-4-5-6-7;1-2-4-5-3-1/h2-6H2,1H3;1-4H2. The fourth-order valence-corrected chi connectivity index (χ4v) is 2.59. The Labute approximate surface area is 95.4 Å². The van der Waals surface area contributed by atoms with Crippen molar-refractivity contribution < 1.29 is 0 Å². The number of thioether (sulfide) groups is 1. The molecule has 2 heteroatoms. The zero-order valence-corrected chi connectivity index (χ0v) is 11.1. The van der Waals surface area contributed by atoms with E-state index in [9.17, 15) is 0 Å². The van der Waals surface area contributed by atoms with Crippen molar-refractivity contribution in [2.45, 2.75) is 45.4 Å². The predicted octanol–water partition coefficient (Wildman–Crippen LogP) is 4.52. The van der Waals surface area contributed by atoms with Gasteiger partial charge in [0.25, 0.3) is 0 Å². The summed E-state index contributed by atoms with van der Waals surface area (Å²) in [5.74, 6) is 2.83. The minimum absolute atomic E-state index is 1.33. The summed E-state index contributed by atoms with van der Waals surface area (Å²) in [5.41, 5.74) is 0. The zero-order chi connectivity index (χ0) is 9.07. The van der Waals surface area contributed by atoms with Crippen LogP contribution in [-0.4, -0.2) is 15.9 Å². The summed E-state index contributed by atoms with van der Waals surface area (Å²) in [5, 5.41) is 0. The number of rotatable bonds is 4. The number of hydrogen-bond donors (Lipinski definition) is 0. The van der Waals surface area contributed by atoms with Gasteiger partial charge in [-0.2, -0.15) is 11.8 Å². The summed E-state index contributed by atoms with van der Waals surface area (Å²) in [6.07, 6.45) is 8.54. The van der Waals surface area contributed by atoms with Crippen LogP contribution in [0.3, 0.4) is 0 Å². The van der Waals surface area contributed by atoms with Crippen molar-refractivity contribution in [3.8, 4) is 0 Å². The van der Waals surface area contributed by atoms with Gasteiger partial charge in [-0.15, -0.1) is 0 Å². The molecule has 1 fully saturated rings. The van der Waals surface area contributed by atoms with Crippen LogP contribution >= 0.6 is 34.4 Å². The molecule has 0 N–H and O–H groups in total. The number of halogens is 1. The van der Waals surface area contributed by atoms with Crippen LogP contribution in [0.15, 0.2) is 0 Å². The Balaban J connectivity index is 0.000000211. The third-order valence-electron chi connectivity index (χ3n) is 1.81. The minimum atomic E-state index is 1.33. The Morgan fingerprint density at radius 1 is 1.08 bits per heavy atom. The van der Waals surface area contributed by atoms with E-state index in [0.29, 0.717) is 0 Å². The second-order valence-corrected chi connectivity index (χ2v) is 5.37. The molecule has 74 valence electrons. The molecule has 1 aliphatic heterocycles. The molecular weight excluding hydrogens is 279 g/mol. The molecule has 12 heavy (non-hydrogen) atoms. The highest BCUT2D eigenvalue weighted by atomic mass is 127. The van der Waals surface area contributed by atoms with E-state index in [4.69, 9.17) is 0 Å². The molecule has 0 nitrogen and oxygen atoms in total. The normalized spacial score (nSPS) is 15.5. The first kappa shape index (κ1) is 13.1. The summed E-state index contributed by atoms with van der Waals surface area (Å²) in [6, 6.07) is 0. The van der Waals surface area contributed by atoms with Crippen molar-refractivity contribution in [3.05, 3.63) is 0 Å². The SMILES string of the molecule is C1CCSC1.CCCCCCI. The Kier molecular flexibility index (Phi) is 13.2. The van der Waals surface area contributed by atoms with Gasteiger partial charge < -0.3 is 0 Å². The van der Waals surface area contributed by atoms with Crippen molar-refractivity contribution in [1.29, 1.82) is 0 Å². The van der Waals surface area contributed by atoms with Gasteiger partial charge in [-0.25, -0.2) is 0 Å². The van der Waals surface area contributed by atoms with Crippen LogP contribution in [0.5, 0.6) is 0 Å². The topological polar surface area (TPSA) is 0 Å². The lowest BCUT2D eigenvalue weighted by atomic mass is 10.2. The lowest BCUT2D eigenvalue weighted by Gasteiger charge is -1.89. The van der Waals surface area contributed by atoms with Gasteiger partial charge in [-0.3, -0.25) is 0 Å². The quantitative estimate of drug-likeness (QED) is 0.418. The maximum Gasteiger partial charge on any atom is -0.000473 e. The monoisotopic (exact) mass is 300 g/mol. The Morgan fingerprint density at radius 2 is 1.75 bits per heavy atom. The smallest absolute Gasteiger partial charge is 0.000473 e. The Morgan fingerprint density at radius 3 is 2.08 bits per heavy atom. The van der Waals surface area contributed by atoms with Gasteiger partial charge in [0.05, 0.1) is 0 Å². The first-order valence-corrected chi connectivity index (χ1v) is 7.73. The first-order chi connectivity index (χ1) is 5.91. The fraction of sp³-hybridized carbons (Fsp3) is 1.00. The second-order valence-electron chi connectivity index (χ2n) is 3.07. The molecule has 0 saturated carbocycles. The summed E-state index contributed by atoms with van der Waals surface area (Å²) < 4.78 is 1.33. The number of hydrogen-bond acceptors (Lipinski definition) is 1. The van der Waals surface area contributed by atoms with Crippen LogP contribution in [-0.2, 0) is 0 Å². The fourth-order valence-electron chi connectivity index (χ4n) is 1.03. The molecule has 0 radical (unpaired) electrons. The molecule has 0 atom stereocenters.